The number of halogens is 1. The third kappa shape index (κ3) is 3.70. The minimum absolute atomic E-state index is 0.00763. The quantitative estimate of drug-likeness (QED) is 0.805. The first-order valence-corrected chi connectivity index (χ1v) is 5.91. The summed E-state index contributed by atoms with van der Waals surface area (Å²) in [6.07, 6.45) is 0. The highest BCUT2D eigenvalue weighted by Gasteiger charge is 2.14. The summed E-state index contributed by atoms with van der Waals surface area (Å²) in [6, 6.07) is 4.63. The van der Waals surface area contributed by atoms with Crippen molar-refractivity contribution in [1.29, 1.82) is 0 Å². The van der Waals surface area contributed by atoms with E-state index in [1.54, 1.807) is 26.2 Å². The maximum atomic E-state index is 13.6. The van der Waals surface area contributed by atoms with Crippen molar-refractivity contribution in [3.8, 4) is 0 Å². The lowest BCUT2D eigenvalue weighted by Crippen LogP contribution is -2.36. The van der Waals surface area contributed by atoms with Gasteiger partial charge in [-0.2, -0.15) is 0 Å². The van der Waals surface area contributed by atoms with Crippen molar-refractivity contribution in [3.05, 3.63) is 29.6 Å². The topological polar surface area (TPSA) is 49.6 Å². The average molecular weight is 253 g/mol. The summed E-state index contributed by atoms with van der Waals surface area (Å²) in [5.41, 5.74) is 6.62. The van der Waals surface area contributed by atoms with Crippen LogP contribution in [0, 0.1) is 5.82 Å². The second kappa shape index (κ2) is 6.35. The summed E-state index contributed by atoms with van der Waals surface area (Å²) in [6.45, 7) is 3.19. The van der Waals surface area contributed by atoms with Crippen LogP contribution in [0.2, 0.25) is 0 Å². The van der Waals surface area contributed by atoms with Gasteiger partial charge in [0.1, 0.15) is 5.82 Å². The average Bonchev–Trinajstić information content (AvgIpc) is 2.32. The van der Waals surface area contributed by atoms with Crippen LogP contribution in [-0.2, 0) is 11.3 Å². The van der Waals surface area contributed by atoms with Crippen LogP contribution in [0.5, 0.6) is 0 Å². The Labute approximate surface area is 107 Å². The molecule has 0 heterocycles. The second-order valence-corrected chi connectivity index (χ2v) is 4.40. The fourth-order valence-corrected chi connectivity index (χ4v) is 1.58. The third-order valence-electron chi connectivity index (χ3n) is 2.84. The highest BCUT2D eigenvalue weighted by Crippen LogP contribution is 2.17. The first kappa shape index (κ1) is 14.4. The minimum Gasteiger partial charge on any atom is -0.398 e. The number of hydrogen-bond acceptors (Lipinski definition) is 3. The Bertz CT molecular complexity index is 400. The van der Waals surface area contributed by atoms with Crippen molar-refractivity contribution in [3.63, 3.8) is 0 Å². The molecule has 100 valence electrons. The molecule has 0 unspecified atom stereocenters. The van der Waals surface area contributed by atoms with Gasteiger partial charge in [0.2, 0.25) is 5.91 Å². The van der Waals surface area contributed by atoms with Gasteiger partial charge in [-0.25, -0.2) is 4.39 Å². The number of carbonyl (C=O) groups excluding carboxylic acids is 1. The zero-order chi connectivity index (χ0) is 13.7. The molecule has 0 aliphatic rings. The molecule has 1 amide bonds. The van der Waals surface area contributed by atoms with E-state index in [9.17, 15) is 9.18 Å². The van der Waals surface area contributed by atoms with Crippen molar-refractivity contribution in [1.82, 2.24) is 9.80 Å². The Kier molecular flexibility index (Phi) is 5.09. The second-order valence-electron chi connectivity index (χ2n) is 4.40. The molecule has 0 saturated carbocycles. The molecule has 1 aromatic carbocycles. The molecule has 0 radical (unpaired) electrons. The molecule has 0 saturated heterocycles. The highest BCUT2D eigenvalue weighted by atomic mass is 19.1. The summed E-state index contributed by atoms with van der Waals surface area (Å²) in [7, 11) is 3.40. The number of hydrogen-bond donors (Lipinski definition) is 1. The van der Waals surface area contributed by atoms with Crippen LogP contribution >= 0.6 is 0 Å². The van der Waals surface area contributed by atoms with Gasteiger partial charge in [-0.15, -0.1) is 0 Å². The van der Waals surface area contributed by atoms with Gasteiger partial charge in [-0.3, -0.25) is 9.69 Å². The highest BCUT2D eigenvalue weighted by molar-refractivity contribution is 5.77. The zero-order valence-corrected chi connectivity index (χ0v) is 11.1. The SMILES string of the molecule is CCN(CC(=O)N(C)C)Cc1c(N)cccc1F. The van der Waals surface area contributed by atoms with E-state index >= 15 is 0 Å². The fourth-order valence-electron chi connectivity index (χ4n) is 1.58. The number of amides is 1. The van der Waals surface area contributed by atoms with Crippen molar-refractivity contribution in [2.45, 2.75) is 13.5 Å². The maximum Gasteiger partial charge on any atom is 0.236 e. The number of rotatable bonds is 5. The molecule has 0 fully saturated rings. The predicted octanol–water partition coefficient (Wildman–Crippen LogP) is 1.32. The Morgan fingerprint density at radius 3 is 2.56 bits per heavy atom. The summed E-state index contributed by atoms with van der Waals surface area (Å²) in [5.74, 6) is -0.336. The Balaban J connectivity index is 2.77. The van der Waals surface area contributed by atoms with Crippen LogP contribution in [0.3, 0.4) is 0 Å². The normalized spacial score (nSPS) is 10.7. The monoisotopic (exact) mass is 253 g/mol. The van der Waals surface area contributed by atoms with Gasteiger partial charge >= 0.3 is 0 Å². The standard InChI is InChI=1S/C13H20FN3O/c1-4-17(9-13(18)16(2)3)8-10-11(14)6-5-7-12(10)15/h5-7H,4,8-9,15H2,1-3H3. The van der Waals surface area contributed by atoms with E-state index in [4.69, 9.17) is 5.73 Å². The lowest BCUT2D eigenvalue weighted by Gasteiger charge is -2.22. The lowest BCUT2D eigenvalue weighted by atomic mass is 10.1. The predicted molar refractivity (Wildman–Crippen MR) is 70.5 cm³/mol. The van der Waals surface area contributed by atoms with Crippen LogP contribution in [-0.4, -0.2) is 42.9 Å². The molecule has 18 heavy (non-hydrogen) atoms. The number of nitrogen functional groups attached to an aromatic ring is 1. The van der Waals surface area contributed by atoms with E-state index in [1.807, 2.05) is 11.8 Å². The van der Waals surface area contributed by atoms with Crippen molar-refractivity contribution in [2.75, 3.05) is 32.9 Å². The van der Waals surface area contributed by atoms with Crippen LogP contribution in [0.15, 0.2) is 18.2 Å². The molecule has 0 bridgehead atoms. The molecule has 0 atom stereocenters. The van der Waals surface area contributed by atoms with Crippen molar-refractivity contribution in [2.24, 2.45) is 0 Å². The van der Waals surface area contributed by atoms with E-state index < -0.39 is 0 Å². The molecule has 1 aromatic rings. The first-order valence-electron chi connectivity index (χ1n) is 5.91. The Morgan fingerprint density at radius 1 is 1.39 bits per heavy atom. The van der Waals surface area contributed by atoms with E-state index in [2.05, 4.69) is 0 Å². The van der Waals surface area contributed by atoms with Crippen molar-refractivity contribution >= 4 is 11.6 Å². The molecular formula is C13H20FN3O. The van der Waals surface area contributed by atoms with Gasteiger partial charge in [0.05, 0.1) is 6.54 Å². The minimum atomic E-state index is -0.328. The third-order valence-corrected chi connectivity index (χ3v) is 2.84. The Morgan fingerprint density at radius 2 is 2.06 bits per heavy atom. The fraction of sp³-hybridized carbons (Fsp3) is 0.462. The number of carbonyl (C=O) groups is 1. The van der Waals surface area contributed by atoms with Gasteiger partial charge in [0.25, 0.3) is 0 Å². The number of likely N-dealkylation sites (N-methyl/N-ethyl adjacent to an activating group) is 2. The van der Waals surface area contributed by atoms with Gasteiger partial charge < -0.3 is 10.6 Å². The number of nitrogens with two attached hydrogens (primary N) is 1. The Hall–Kier alpha value is -1.62. The molecule has 0 aliphatic carbocycles. The molecule has 0 aliphatic heterocycles. The van der Waals surface area contributed by atoms with E-state index in [1.165, 1.54) is 11.0 Å². The van der Waals surface area contributed by atoms with Crippen LogP contribution in [0.1, 0.15) is 12.5 Å². The molecule has 5 heteroatoms. The summed E-state index contributed by atoms with van der Waals surface area (Å²) >= 11 is 0. The molecule has 1 rings (SSSR count). The first-order chi connectivity index (χ1) is 8.45. The molecule has 4 nitrogen and oxygen atoms in total. The smallest absolute Gasteiger partial charge is 0.236 e. The van der Waals surface area contributed by atoms with E-state index in [-0.39, 0.29) is 18.3 Å². The summed E-state index contributed by atoms with van der Waals surface area (Å²) in [5, 5.41) is 0. The van der Waals surface area contributed by atoms with Gasteiger partial charge in [0, 0.05) is 31.9 Å². The lowest BCUT2D eigenvalue weighted by molar-refractivity contribution is -0.130. The van der Waals surface area contributed by atoms with Crippen molar-refractivity contribution < 1.29 is 9.18 Å². The molecule has 0 spiro atoms. The largest absolute Gasteiger partial charge is 0.398 e. The van der Waals surface area contributed by atoms with Gasteiger partial charge in [-0.05, 0) is 18.7 Å². The summed E-state index contributed by atoms with van der Waals surface area (Å²) in [4.78, 5) is 15.0. The van der Waals surface area contributed by atoms with Gasteiger partial charge in [0.15, 0.2) is 0 Å². The number of benzene rings is 1. The molecular weight excluding hydrogens is 233 g/mol. The van der Waals surface area contributed by atoms with E-state index in [0.717, 1.165) is 0 Å². The van der Waals surface area contributed by atoms with E-state index in [0.29, 0.717) is 24.3 Å². The maximum absolute atomic E-state index is 13.6. The molecule has 2 N–H and O–H groups in total. The number of anilines is 1. The molecule has 0 aromatic heterocycles. The zero-order valence-electron chi connectivity index (χ0n) is 11.1. The summed E-state index contributed by atoms with van der Waals surface area (Å²) < 4.78 is 13.6. The van der Waals surface area contributed by atoms with Crippen LogP contribution in [0.4, 0.5) is 10.1 Å². The van der Waals surface area contributed by atoms with Crippen LogP contribution in [0.25, 0.3) is 0 Å². The van der Waals surface area contributed by atoms with Gasteiger partial charge in [-0.1, -0.05) is 13.0 Å². The number of nitrogens with zero attached hydrogens (tertiary/aromatic N) is 2. The van der Waals surface area contributed by atoms with Crippen LogP contribution < -0.4 is 5.73 Å².